The van der Waals surface area contributed by atoms with Crippen molar-refractivity contribution in [2.45, 2.75) is 19.8 Å². The lowest BCUT2D eigenvalue weighted by molar-refractivity contribution is 0.861. The van der Waals surface area contributed by atoms with Gasteiger partial charge in [0.15, 0.2) is 0 Å². The number of hydrogen-bond acceptors (Lipinski definition) is 2. The van der Waals surface area contributed by atoms with Gasteiger partial charge in [0.2, 0.25) is 0 Å². The van der Waals surface area contributed by atoms with Crippen LogP contribution in [0.5, 0.6) is 0 Å². The van der Waals surface area contributed by atoms with Gasteiger partial charge in [-0.2, -0.15) is 10.5 Å². The second-order valence-electron chi connectivity index (χ2n) is 4.57. The van der Waals surface area contributed by atoms with Crippen molar-refractivity contribution >= 4 is 15.9 Å². The molecule has 0 fully saturated rings. The standard InChI is InChI=1S/C15H12BrN3/c1-9(2)12-4-3-10(5-13(12)16)15-11(6-17)8-19-14(15)7-18/h3-5,8-9,19H,1-2H3. The minimum Gasteiger partial charge on any atom is -0.351 e. The third kappa shape index (κ3) is 2.41. The fraction of sp³-hybridized carbons (Fsp3) is 0.200. The van der Waals surface area contributed by atoms with Gasteiger partial charge in [-0.25, -0.2) is 0 Å². The van der Waals surface area contributed by atoms with Crippen LogP contribution in [0.4, 0.5) is 0 Å². The van der Waals surface area contributed by atoms with E-state index in [0.717, 1.165) is 10.0 Å². The maximum absolute atomic E-state index is 9.11. The van der Waals surface area contributed by atoms with E-state index in [-0.39, 0.29) is 0 Å². The Morgan fingerprint density at radius 1 is 1.21 bits per heavy atom. The monoisotopic (exact) mass is 313 g/mol. The maximum atomic E-state index is 9.11. The van der Waals surface area contributed by atoms with E-state index in [1.54, 1.807) is 6.20 Å². The number of rotatable bonds is 2. The molecule has 2 rings (SSSR count). The number of nitrogens with zero attached hydrogens (tertiary/aromatic N) is 2. The van der Waals surface area contributed by atoms with E-state index in [2.05, 4.69) is 46.9 Å². The summed E-state index contributed by atoms with van der Waals surface area (Å²) in [7, 11) is 0. The average molecular weight is 314 g/mol. The molecule has 0 aliphatic heterocycles. The molecule has 2 aromatic rings. The summed E-state index contributed by atoms with van der Waals surface area (Å²) < 4.78 is 0.994. The van der Waals surface area contributed by atoms with Gasteiger partial charge in [0, 0.05) is 16.2 Å². The highest BCUT2D eigenvalue weighted by Crippen LogP contribution is 2.33. The van der Waals surface area contributed by atoms with E-state index in [9.17, 15) is 0 Å². The maximum Gasteiger partial charge on any atom is 0.126 e. The van der Waals surface area contributed by atoms with Gasteiger partial charge in [0.25, 0.3) is 0 Å². The van der Waals surface area contributed by atoms with Gasteiger partial charge in [0.1, 0.15) is 17.8 Å². The fourth-order valence-corrected chi connectivity index (χ4v) is 2.89. The first kappa shape index (κ1) is 13.4. The zero-order chi connectivity index (χ0) is 14.0. The lowest BCUT2D eigenvalue weighted by Crippen LogP contribution is -1.91. The highest BCUT2D eigenvalue weighted by molar-refractivity contribution is 9.10. The van der Waals surface area contributed by atoms with Crippen LogP contribution < -0.4 is 0 Å². The summed E-state index contributed by atoms with van der Waals surface area (Å²) in [6.07, 6.45) is 1.57. The Labute approximate surface area is 120 Å². The molecule has 0 aliphatic carbocycles. The normalized spacial score (nSPS) is 10.2. The molecular weight excluding hydrogens is 302 g/mol. The predicted octanol–water partition coefficient (Wildman–Crippen LogP) is 4.31. The Morgan fingerprint density at radius 2 is 1.95 bits per heavy atom. The van der Waals surface area contributed by atoms with Crippen molar-refractivity contribution in [3.63, 3.8) is 0 Å². The highest BCUT2D eigenvalue weighted by atomic mass is 79.9. The molecule has 0 amide bonds. The van der Waals surface area contributed by atoms with E-state index in [4.69, 9.17) is 10.5 Å². The molecule has 1 aromatic heterocycles. The lowest BCUT2D eigenvalue weighted by Gasteiger charge is -2.10. The van der Waals surface area contributed by atoms with Crippen LogP contribution in [0.3, 0.4) is 0 Å². The van der Waals surface area contributed by atoms with E-state index in [1.807, 2.05) is 18.2 Å². The van der Waals surface area contributed by atoms with Gasteiger partial charge < -0.3 is 4.98 Å². The molecule has 0 saturated heterocycles. The summed E-state index contributed by atoms with van der Waals surface area (Å²) in [5.74, 6) is 0.417. The van der Waals surface area contributed by atoms with Gasteiger partial charge in [-0.05, 0) is 23.1 Å². The van der Waals surface area contributed by atoms with E-state index >= 15 is 0 Å². The average Bonchev–Trinajstić information content (AvgIpc) is 2.80. The number of halogens is 1. The van der Waals surface area contributed by atoms with Crippen LogP contribution in [-0.4, -0.2) is 4.98 Å². The van der Waals surface area contributed by atoms with Crippen LogP contribution in [0.2, 0.25) is 0 Å². The number of aromatic amines is 1. The molecule has 0 spiro atoms. The number of aromatic nitrogens is 1. The molecule has 1 heterocycles. The molecule has 0 aliphatic rings. The predicted molar refractivity (Wildman–Crippen MR) is 77.4 cm³/mol. The first-order chi connectivity index (χ1) is 9.08. The van der Waals surface area contributed by atoms with Gasteiger partial charge in [-0.15, -0.1) is 0 Å². The summed E-state index contributed by atoms with van der Waals surface area (Å²) in [4.78, 5) is 2.83. The molecule has 1 aromatic carbocycles. The molecule has 3 nitrogen and oxygen atoms in total. The fourth-order valence-electron chi connectivity index (χ4n) is 2.05. The van der Waals surface area contributed by atoms with E-state index < -0.39 is 0 Å². The van der Waals surface area contributed by atoms with Gasteiger partial charge in [-0.3, -0.25) is 0 Å². The molecule has 0 bridgehead atoms. The number of nitrogens with one attached hydrogen (secondary N) is 1. The Hall–Kier alpha value is -2.04. The minimum atomic E-state index is 0.417. The summed E-state index contributed by atoms with van der Waals surface area (Å²) in [6.45, 7) is 4.24. The Bertz CT molecular complexity index is 668. The van der Waals surface area contributed by atoms with Crippen molar-refractivity contribution in [1.29, 1.82) is 10.5 Å². The Kier molecular flexibility index (Phi) is 3.74. The molecule has 0 unspecified atom stereocenters. The summed E-state index contributed by atoms with van der Waals surface area (Å²) in [5, 5.41) is 18.2. The first-order valence-corrected chi connectivity index (χ1v) is 6.69. The van der Waals surface area contributed by atoms with Crippen molar-refractivity contribution < 1.29 is 0 Å². The Morgan fingerprint density at radius 3 is 2.47 bits per heavy atom. The molecule has 94 valence electrons. The first-order valence-electron chi connectivity index (χ1n) is 5.89. The second kappa shape index (κ2) is 5.30. The SMILES string of the molecule is CC(C)c1ccc(-c2c(C#N)c[nH]c2C#N)cc1Br. The van der Waals surface area contributed by atoms with Crippen LogP contribution in [0.25, 0.3) is 11.1 Å². The molecule has 19 heavy (non-hydrogen) atoms. The number of H-pyrrole nitrogens is 1. The van der Waals surface area contributed by atoms with Crippen molar-refractivity contribution in [2.75, 3.05) is 0 Å². The molecule has 1 N–H and O–H groups in total. The molecule has 4 heteroatoms. The lowest BCUT2D eigenvalue weighted by atomic mass is 9.97. The van der Waals surface area contributed by atoms with Gasteiger partial charge >= 0.3 is 0 Å². The van der Waals surface area contributed by atoms with Crippen LogP contribution >= 0.6 is 15.9 Å². The zero-order valence-corrected chi connectivity index (χ0v) is 12.2. The molecular formula is C15H12BrN3. The minimum absolute atomic E-state index is 0.417. The van der Waals surface area contributed by atoms with Crippen molar-refractivity contribution in [3.8, 4) is 23.3 Å². The zero-order valence-electron chi connectivity index (χ0n) is 10.7. The quantitative estimate of drug-likeness (QED) is 0.897. The van der Waals surface area contributed by atoms with Crippen LogP contribution in [0.1, 0.15) is 36.6 Å². The van der Waals surface area contributed by atoms with Gasteiger partial charge in [-0.1, -0.05) is 41.9 Å². The van der Waals surface area contributed by atoms with Crippen LogP contribution in [-0.2, 0) is 0 Å². The largest absolute Gasteiger partial charge is 0.351 e. The van der Waals surface area contributed by atoms with E-state index in [0.29, 0.717) is 22.7 Å². The Balaban J connectivity index is 2.61. The molecule has 0 saturated carbocycles. The van der Waals surface area contributed by atoms with E-state index in [1.165, 1.54) is 5.56 Å². The summed E-state index contributed by atoms with van der Waals surface area (Å²) in [6, 6.07) is 10.1. The number of hydrogen-bond donors (Lipinski definition) is 1. The topological polar surface area (TPSA) is 63.4 Å². The van der Waals surface area contributed by atoms with Crippen molar-refractivity contribution in [2.24, 2.45) is 0 Å². The third-order valence-corrected chi connectivity index (χ3v) is 3.71. The van der Waals surface area contributed by atoms with Crippen LogP contribution in [0.15, 0.2) is 28.9 Å². The van der Waals surface area contributed by atoms with Crippen molar-refractivity contribution in [3.05, 3.63) is 45.7 Å². The van der Waals surface area contributed by atoms with Crippen LogP contribution in [0, 0.1) is 22.7 Å². The number of nitriles is 2. The van der Waals surface area contributed by atoms with Crippen molar-refractivity contribution in [1.82, 2.24) is 4.98 Å². The molecule has 0 atom stereocenters. The summed E-state index contributed by atoms with van der Waals surface area (Å²) in [5.41, 5.74) is 3.64. The van der Waals surface area contributed by atoms with Gasteiger partial charge in [0.05, 0.1) is 5.56 Å². The smallest absolute Gasteiger partial charge is 0.126 e. The second-order valence-corrected chi connectivity index (χ2v) is 5.42. The molecule has 0 radical (unpaired) electrons. The summed E-state index contributed by atoms with van der Waals surface area (Å²) >= 11 is 3.55. The highest BCUT2D eigenvalue weighted by Gasteiger charge is 2.14. The number of benzene rings is 1. The third-order valence-electron chi connectivity index (χ3n) is 3.02.